The molecule has 0 aliphatic heterocycles. The fourth-order valence-electron chi connectivity index (χ4n) is 1.34. The molecule has 1 aromatic rings. The number of carbonyl (C=O) groups excluding carboxylic acids is 1. The van der Waals surface area contributed by atoms with Gasteiger partial charge in [0.1, 0.15) is 4.88 Å². The first-order chi connectivity index (χ1) is 7.60. The van der Waals surface area contributed by atoms with Gasteiger partial charge in [-0.15, -0.1) is 11.3 Å². The Morgan fingerprint density at radius 3 is 2.81 bits per heavy atom. The van der Waals surface area contributed by atoms with Gasteiger partial charge in [-0.2, -0.15) is 0 Å². The van der Waals surface area contributed by atoms with Gasteiger partial charge in [0.25, 0.3) is 5.91 Å². The van der Waals surface area contributed by atoms with Crippen molar-refractivity contribution in [2.45, 2.75) is 32.7 Å². The molecule has 1 amide bonds. The highest BCUT2D eigenvalue weighted by Crippen LogP contribution is 2.27. The van der Waals surface area contributed by atoms with Gasteiger partial charge in [0, 0.05) is 11.4 Å². The van der Waals surface area contributed by atoms with Crippen molar-refractivity contribution in [3.05, 3.63) is 20.8 Å². The van der Waals surface area contributed by atoms with E-state index in [2.05, 4.69) is 28.2 Å². The average molecular weight is 325 g/mol. The third-order valence-electron chi connectivity index (χ3n) is 2.39. The minimum Gasteiger partial charge on any atom is -0.349 e. The second-order valence-electron chi connectivity index (χ2n) is 3.62. The predicted molar refractivity (Wildman–Crippen MR) is 74.0 cm³/mol. The van der Waals surface area contributed by atoms with E-state index in [1.807, 2.05) is 12.3 Å². The molecule has 16 heavy (non-hydrogen) atoms. The van der Waals surface area contributed by atoms with E-state index in [0.29, 0.717) is 9.90 Å². The van der Waals surface area contributed by atoms with Crippen molar-refractivity contribution in [1.29, 1.82) is 0 Å². The Morgan fingerprint density at radius 2 is 2.38 bits per heavy atom. The fourth-order valence-corrected chi connectivity index (χ4v) is 3.08. The normalized spacial score (nSPS) is 12.5. The summed E-state index contributed by atoms with van der Waals surface area (Å²) in [4.78, 5) is 12.5. The molecule has 0 spiro atoms. The van der Waals surface area contributed by atoms with Crippen LogP contribution in [0.15, 0.2) is 5.38 Å². The van der Waals surface area contributed by atoms with Gasteiger partial charge >= 0.3 is 0 Å². The van der Waals surface area contributed by atoms with Gasteiger partial charge in [0.15, 0.2) is 0 Å². The lowest BCUT2D eigenvalue weighted by atomic mass is 10.1. The van der Waals surface area contributed by atoms with Crippen molar-refractivity contribution >= 4 is 44.8 Å². The van der Waals surface area contributed by atoms with Gasteiger partial charge in [0.2, 0.25) is 0 Å². The summed E-state index contributed by atoms with van der Waals surface area (Å²) < 4.78 is 0. The molecular formula is C11H15BrClNOS. The second kappa shape index (κ2) is 6.62. The summed E-state index contributed by atoms with van der Waals surface area (Å²) in [6.45, 7) is 3.97. The lowest BCUT2D eigenvalue weighted by Crippen LogP contribution is -2.34. The third kappa shape index (κ3) is 3.47. The van der Waals surface area contributed by atoms with Crippen molar-refractivity contribution in [2.75, 3.05) is 5.33 Å². The van der Waals surface area contributed by atoms with E-state index in [0.717, 1.165) is 23.7 Å². The molecular weight excluding hydrogens is 310 g/mol. The SMILES string of the molecule is CCC(CCBr)NC(=O)c1scc(C)c1Cl. The number of carbonyl (C=O) groups is 1. The summed E-state index contributed by atoms with van der Waals surface area (Å²) in [7, 11) is 0. The number of amides is 1. The lowest BCUT2D eigenvalue weighted by molar-refractivity contribution is 0.0939. The number of hydrogen-bond acceptors (Lipinski definition) is 2. The molecule has 1 aromatic heterocycles. The number of hydrogen-bond donors (Lipinski definition) is 1. The maximum Gasteiger partial charge on any atom is 0.263 e. The second-order valence-corrected chi connectivity index (χ2v) is 5.67. The van der Waals surface area contributed by atoms with Crippen molar-refractivity contribution in [2.24, 2.45) is 0 Å². The maximum absolute atomic E-state index is 11.9. The summed E-state index contributed by atoms with van der Waals surface area (Å²) in [5.41, 5.74) is 0.963. The minimum absolute atomic E-state index is 0.0594. The van der Waals surface area contributed by atoms with Gasteiger partial charge in [0.05, 0.1) is 5.02 Å². The van der Waals surface area contributed by atoms with E-state index in [1.165, 1.54) is 11.3 Å². The molecule has 90 valence electrons. The molecule has 0 aliphatic rings. The van der Waals surface area contributed by atoms with E-state index < -0.39 is 0 Å². The number of alkyl halides is 1. The molecule has 1 N–H and O–H groups in total. The summed E-state index contributed by atoms with van der Waals surface area (Å²) >= 11 is 10.8. The van der Waals surface area contributed by atoms with Crippen LogP contribution in [0.2, 0.25) is 5.02 Å². The molecule has 1 atom stereocenters. The highest BCUT2D eigenvalue weighted by molar-refractivity contribution is 9.09. The standard InChI is InChI=1S/C11H15BrClNOS/c1-3-8(4-5-12)14-11(15)10-9(13)7(2)6-16-10/h6,8H,3-5H2,1-2H3,(H,14,15). The zero-order valence-electron chi connectivity index (χ0n) is 9.35. The van der Waals surface area contributed by atoms with Crippen LogP contribution in [-0.4, -0.2) is 17.3 Å². The maximum atomic E-state index is 11.9. The van der Waals surface area contributed by atoms with Crippen molar-refractivity contribution in [3.8, 4) is 0 Å². The van der Waals surface area contributed by atoms with E-state index in [-0.39, 0.29) is 11.9 Å². The molecule has 1 heterocycles. The van der Waals surface area contributed by atoms with Gasteiger partial charge in [-0.3, -0.25) is 4.79 Å². The summed E-state index contributed by atoms with van der Waals surface area (Å²) in [6, 6.07) is 0.213. The predicted octanol–water partition coefficient (Wildman–Crippen LogP) is 4.00. The van der Waals surface area contributed by atoms with Crippen LogP contribution < -0.4 is 5.32 Å². The molecule has 0 fully saturated rings. The van der Waals surface area contributed by atoms with E-state index >= 15 is 0 Å². The summed E-state index contributed by atoms with van der Waals surface area (Å²) in [5.74, 6) is -0.0594. The van der Waals surface area contributed by atoms with Gasteiger partial charge in [-0.05, 0) is 30.7 Å². The van der Waals surface area contributed by atoms with Crippen LogP contribution in [0.25, 0.3) is 0 Å². The monoisotopic (exact) mass is 323 g/mol. The highest BCUT2D eigenvalue weighted by Gasteiger charge is 2.17. The van der Waals surface area contributed by atoms with E-state index in [9.17, 15) is 4.79 Å². The average Bonchev–Trinajstić information content (AvgIpc) is 2.59. The fraction of sp³-hybridized carbons (Fsp3) is 0.545. The Morgan fingerprint density at radius 1 is 1.69 bits per heavy atom. The number of thiophene rings is 1. The molecule has 0 bridgehead atoms. The van der Waals surface area contributed by atoms with Gasteiger partial charge in [-0.1, -0.05) is 34.5 Å². The third-order valence-corrected chi connectivity index (χ3v) is 4.54. The van der Waals surface area contributed by atoms with Crippen LogP contribution in [-0.2, 0) is 0 Å². The number of nitrogens with one attached hydrogen (secondary N) is 1. The first kappa shape index (κ1) is 14.0. The molecule has 0 radical (unpaired) electrons. The van der Waals surface area contributed by atoms with E-state index in [1.54, 1.807) is 0 Å². The quantitative estimate of drug-likeness (QED) is 0.815. The van der Waals surface area contributed by atoms with Crippen molar-refractivity contribution in [3.63, 3.8) is 0 Å². The topological polar surface area (TPSA) is 29.1 Å². The van der Waals surface area contributed by atoms with Crippen LogP contribution in [0.5, 0.6) is 0 Å². The number of halogens is 2. The summed E-state index contributed by atoms with van der Waals surface area (Å²) in [6.07, 6.45) is 1.86. The zero-order valence-corrected chi connectivity index (χ0v) is 12.5. The molecule has 2 nitrogen and oxygen atoms in total. The van der Waals surface area contributed by atoms with Gasteiger partial charge in [-0.25, -0.2) is 0 Å². The molecule has 1 unspecified atom stereocenters. The smallest absolute Gasteiger partial charge is 0.263 e. The highest BCUT2D eigenvalue weighted by atomic mass is 79.9. The van der Waals surface area contributed by atoms with Crippen LogP contribution >= 0.6 is 38.9 Å². The van der Waals surface area contributed by atoms with Gasteiger partial charge < -0.3 is 5.32 Å². The molecule has 0 aliphatic carbocycles. The Balaban J connectivity index is 2.68. The number of rotatable bonds is 5. The largest absolute Gasteiger partial charge is 0.349 e. The molecule has 0 aromatic carbocycles. The van der Waals surface area contributed by atoms with Crippen LogP contribution in [0.1, 0.15) is 35.0 Å². The van der Waals surface area contributed by atoms with Crippen LogP contribution in [0.4, 0.5) is 0 Å². The van der Waals surface area contributed by atoms with E-state index in [4.69, 9.17) is 11.6 Å². The Hall–Kier alpha value is -0.0600. The first-order valence-corrected chi connectivity index (χ1v) is 7.58. The lowest BCUT2D eigenvalue weighted by Gasteiger charge is -2.15. The minimum atomic E-state index is -0.0594. The van der Waals surface area contributed by atoms with Crippen molar-refractivity contribution < 1.29 is 4.79 Å². The molecule has 1 rings (SSSR count). The van der Waals surface area contributed by atoms with Crippen molar-refractivity contribution in [1.82, 2.24) is 5.32 Å². The first-order valence-electron chi connectivity index (χ1n) is 5.20. The Bertz CT molecular complexity index is 367. The summed E-state index contributed by atoms with van der Waals surface area (Å²) in [5, 5.41) is 6.37. The molecule has 0 saturated heterocycles. The van der Waals surface area contributed by atoms with Crippen LogP contribution in [0.3, 0.4) is 0 Å². The Labute approximate surface area is 114 Å². The zero-order chi connectivity index (χ0) is 12.1. The number of aryl methyl sites for hydroxylation is 1. The molecule has 0 saturated carbocycles. The van der Waals surface area contributed by atoms with Crippen LogP contribution in [0, 0.1) is 6.92 Å². The Kier molecular flexibility index (Phi) is 5.79. The molecule has 5 heteroatoms.